The molecule has 0 aliphatic heterocycles. The van der Waals surface area contributed by atoms with Gasteiger partial charge in [0.15, 0.2) is 0 Å². The Bertz CT molecular complexity index is 438. The van der Waals surface area contributed by atoms with Crippen molar-refractivity contribution in [2.45, 2.75) is 58.5 Å². The van der Waals surface area contributed by atoms with Crippen LogP contribution in [0.25, 0.3) is 6.08 Å². The number of allylic oxidation sites excluding steroid dienone is 1. The molecular weight excluding hydrogens is 246 g/mol. The Morgan fingerprint density at radius 1 is 1.39 bits per heavy atom. The number of nitrogens with two attached hydrogens (primary N) is 1. The molecule has 1 aliphatic carbocycles. The van der Waals surface area contributed by atoms with E-state index in [1.165, 1.54) is 5.57 Å². The van der Waals surface area contributed by atoms with Crippen molar-refractivity contribution in [2.75, 3.05) is 0 Å². The SMILES string of the molecule is CCc1nn(CC)c(C=C2CCC(N)CC2)c1Cl. The number of nitrogens with zero attached hydrogens (tertiary/aromatic N) is 2. The molecule has 1 aromatic rings. The molecule has 0 unspecified atom stereocenters. The predicted octanol–water partition coefficient (Wildman–Crippen LogP) is 3.40. The van der Waals surface area contributed by atoms with Gasteiger partial charge in [-0.1, -0.05) is 24.1 Å². The second-order valence-corrected chi connectivity index (χ2v) is 5.33. The molecule has 0 amide bonds. The van der Waals surface area contributed by atoms with Crippen LogP contribution in [0.2, 0.25) is 5.02 Å². The van der Waals surface area contributed by atoms with E-state index in [-0.39, 0.29) is 0 Å². The molecule has 0 atom stereocenters. The van der Waals surface area contributed by atoms with Crippen LogP contribution in [0.5, 0.6) is 0 Å². The number of hydrogen-bond donors (Lipinski definition) is 1. The summed E-state index contributed by atoms with van der Waals surface area (Å²) in [7, 11) is 0. The first-order valence-corrected chi connectivity index (χ1v) is 7.23. The molecule has 1 heterocycles. The minimum absolute atomic E-state index is 0.375. The lowest BCUT2D eigenvalue weighted by molar-refractivity contribution is 0.513. The van der Waals surface area contributed by atoms with E-state index in [9.17, 15) is 0 Å². The van der Waals surface area contributed by atoms with Crippen molar-refractivity contribution in [2.24, 2.45) is 5.73 Å². The first kappa shape index (κ1) is 13.6. The van der Waals surface area contributed by atoms with Crippen LogP contribution in [0.4, 0.5) is 0 Å². The summed E-state index contributed by atoms with van der Waals surface area (Å²) < 4.78 is 2.00. The average Bonchev–Trinajstić information content (AvgIpc) is 2.69. The van der Waals surface area contributed by atoms with Crippen LogP contribution in [-0.4, -0.2) is 15.8 Å². The summed E-state index contributed by atoms with van der Waals surface area (Å²) in [5, 5.41) is 5.36. The third-order valence-electron chi connectivity index (χ3n) is 3.65. The van der Waals surface area contributed by atoms with E-state index < -0.39 is 0 Å². The summed E-state index contributed by atoms with van der Waals surface area (Å²) in [5.41, 5.74) is 9.45. The van der Waals surface area contributed by atoms with Crippen molar-refractivity contribution in [1.82, 2.24) is 9.78 Å². The largest absolute Gasteiger partial charge is 0.328 e. The molecule has 1 aromatic heterocycles. The maximum Gasteiger partial charge on any atom is 0.0891 e. The van der Waals surface area contributed by atoms with Crippen molar-refractivity contribution in [3.05, 3.63) is 22.0 Å². The molecule has 0 radical (unpaired) electrons. The Morgan fingerprint density at radius 2 is 2.06 bits per heavy atom. The summed E-state index contributed by atoms with van der Waals surface area (Å²) in [6.07, 6.45) is 7.47. The lowest BCUT2D eigenvalue weighted by Crippen LogP contribution is -2.23. The minimum Gasteiger partial charge on any atom is -0.328 e. The Hall–Kier alpha value is -0.800. The van der Waals surface area contributed by atoms with E-state index in [1.807, 2.05) is 4.68 Å². The van der Waals surface area contributed by atoms with Gasteiger partial charge in [0.05, 0.1) is 16.4 Å². The molecule has 2 rings (SSSR count). The standard InChI is InChI=1S/C14H22ClN3/c1-3-12-14(15)13(18(4-2)17-12)9-10-5-7-11(16)8-6-10/h9,11H,3-8,16H2,1-2H3. The number of hydrogen-bond acceptors (Lipinski definition) is 2. The molecule has 0 spiro atoms. The van der Waals surface area contributed by atoms with Gasteiger partial charge >= 0.3 is 0 Å². The third kappa shape index (κ3) is 2.78. The first-order chi connectivity index (χ1) is 8.65. The number of aryl methyl sites for hydroxylation is 2. The zero-order valence-corrected chi connectivity index (χ0v) is 12.0. The van der Waals surface area contributed by atoms with E-state index in [4.69, 9.17) is 17.3 Å². The van der Waals surface area contributed by atoms with Gasteiger partial charge in [-0.2, -0.15) is 5.10 Å². The molecule has 4 heteroatoms. The Labute approximate surface area is 114 Å². The maximum atomic E-state index is 6.40. The Morgan fingerprint density at radius 3 is 2.61 bits per heavy atom. The molecule has 0 aromatic carbocycles. The van der Waals surface area contributed by atoms with Crippen molar-refractivity contribution < 1.29 is 0 Å². The smallest absolute Gasteiger partial charge is 0.0891 e. The highest BCUT2D eigenvalue weighted by Crippen LogP contribution is 2.29. The van der Waals surface area contributed by atoms with Crippen LogP contribution < -0.4 is 5.73 Å². The normalized spacial score (nSPS) is 20.2. The molecule has 0 bridgehead atoms. The van der Waals surface area contributed by atoms with Gasteiger partial charge in [0.1, 0.15) is 0 Å². The Balaban J connectivity index is 2.27. The molecular formula is C14H22ClN3. The van der Waals surface area contributed by atoms with Crippen molar-refractivity contribution in [1.29, 1.82) is 0 Å². The zero-order valence-electron chi connectivity index (χ0n) is 11.2. The van der Waals surface area contributed by atoms with Crippen LogP contribution in [0.1, 0.15) is 50.9 Å². The molecule has 100 valence electrons. The summed E-state index contributed by atoms with van der Waals surface area (Å²) in [5.74, 6) is 0. The third-order valence-corrected chi connectivity index (χ3v) is 4.06. The fourth-order valence-corrected chi connectivity index (χ4v) is 2.78. The fraction of sp³-hybridized carbons (Fsp3) is 0.643. The lowest BCUT2D eigenvalue weighted by Gasteiger charge is -2.20. The van der Waals surface area contributed by atoms with Gasteiger partial charge in [0.2, 0.25) is 0 Å². The maximum absolute atomic E-state index is 6.40. The van der Waals surface area contributed by atoms with E-state index >= 15 is 0 Å². The van der Waals surface area contributed by atoms with Crippen molar-refractivity contribution in [3.8, 4) is 0 Å². The van der Waals surface area contributed by atoms with Crippen LogP contribution >= 0.6 is 11.6 Å². The van der Waals surface area contributed by atoms with Crippen LogP contribution in [0.3, 0.4) is 0 Å². The van der Waals surface area contributed by atoms with E-state index in [0.717, 1.165) is 55.1 Å². The lowest BCUT2D eigenvalue weighted by atomic mass is 9.91. The van der Waals surface area contributed by atoms with Crippen LogP contribution in [0.15, 0.2) is 5.57 Å². The van der Waals surface area contributed by atoms with Crippen LogP contribution in [-0.2, 0) is 13.0 Å². The minimum atomic E-state index is 0.375. The molecule has 18 heavy (non-hydrogen) atoms. The molecule has 2 N–H and O–H groups in total. The monoisotopic (exact) mass is 267 g/mol. The van der Waals surface area contributed by atoms with Gasteiger partial charge in [-0.05, 0) is 45.1 Å². The highest BCUT2D eigenvalue weighted by atomic mass is 35.5. The first-order valence-electron chi connectivity index (χ1n) is 6.85. The van der Waals surface area contributed by atoms with Gasteiger partial charge < -0.3 is 5.73 Å². The topological polar surface area (TPSA) is 43.8 Å². The quantitative estimate of drug-likeness (QED) is 0.912. The van der Waals surface area contributed by atoms with Gasteiger partial charge in [0.25, 0.3) is 0 Å². The van der Waals surface area contributed by atoms with E-state index in [1.54, 1.807) is 0 Å². The summed E-state index contributed by atoms with van der Waals surface area (Å²) in [6.45, 7) is 5.05. The number of halogens is 1. The Kier molecular flexibility index (Phi) is 4.46. The molecule has 1 saturated carbocycles. The summed E-state index contributed by atoms with van der Waals surface area (Å²) in [6, 6.07) is 0.375. The highest BCUT2D eigenvalue weighted by molar-refractivity contribution is 6.32. The second-order valence-electron chi connectivity index (χ2n) is 4.96. The zero-order chi connectivity index (χ0) is 13.1. The van der Waals surface area contributed by atoms with Crippen molar-refractivity contribution in [3.63, 3.8) is 0 Å². The second kappa shape index (κ2) is 5.89. The van der Waals surface area contributed by atoms with Gasteiger partial charge in [-0.15, -0.1) is 0 Å². The van der Waals surface area contributed by atoms with Gasteiger partial charge in [-0.3, -0.25) is 4.68 Å². The average molecular weight is 268 g/mol. The predicted molar refractivity (Wildman–Crippen MR) is 76.7 cm³/mol. The van der Waals surface area contributed by atoms with Gasteiger partial charge in [0, 0.05) is 12.6 Å². The van der Waals surface area contributed by atoms with Crippen molar-refractivity contribution >= 4 is 17.7 Å². The fourth-order valence-electron chi connectivity index (χ4n) is 2.46. The molecule has 3 nitrogen and oxygen atoms in total. The van der Waals surface area contributed by atoms with E-state index in [2.05, 4.69) is 25.0 Å². The summed E-state index contributed by atoms with van der Waals surface area (Å²) >= 11 is 6.40. The molecule has 1 aliphatic rings. The number of aromatic nitrogens is 2. The molecule has 1 fully saturated rings. The molecule has 0 saturated heterocycles. The van der Waals surface area contributed by atoms with E-state index in [0.29, 0.717) is 6.04 Å². The highest BCUT2D eigenvalue weighted by Gasteiger charge is 2.16. The summed E-state index contributed by atoms with van der Waals surface area (Å²) in [4.78, 5) is 0. The number of rotatable bonds is 3. The van der Waals surface area contributed by atoms with Crippen LogP contribution in [0, 0.1) is 0 Å². The van der Waals surface area contributed by atoms with Gasteiger partial charge in [-0.25, -0.2) is 0 Å².